The van der Waals surface area contributed by atoms with E-state index >= 15 is 0 Å². The summed E-state index contributed by atoms with van der Waals surface area (Å²) >= 11 is 0. The predicted octanol–water partition coefficient (Wildman–Crippen LogP) is 1.12. The van der Waals surface area contributed by atoms with Gasteiger partial charge in [-0.05, 0) is 39.0 Å². The van der Waals surface area contributed by atoms with Crippen molar-refractivity contribution < 1.29 is 0 Å². The fourth-order valence-electron chi connectivity index (χ4n) is 2.75. The Morgan fingerprint density at radius 3 is 2.90 bits per heavy atom. The minimum absolute atomic E-state index is 0.251. The Kier molecular flexibility index (Phi) is 3.98. The largest absolute Gasteiger partial charge is 0.370 e. The lowest BCUT2D eigenvalue weighted by atomic mass is 9.96. The first-order valence-electron chi connectivity index (χ1n) is 7.46. The number of rotatable bonds is 5. The van der Waals surface area contributed by atoms with Gasteiger partial charge in [0.15, 0.2) is 0 Å². The van der Waals surface area contributed by atoms with Crippen molar-refractivity contribution in [2.75, 3.05) is 11.9 Å². The Bertz CT molecular complexity index is 674. The molecule has 0 spiro atoms. The normalized spacial score (nSPS) is 14.0. The molecule has 0 radical (unpaired) electrons. The van der Waals surface area contributed by atoms with Gasteiger partial charge in [-0.2, -0.15) is 5.10 Å². The van der Waals surface area contributed by atoms with Gasteiger partial charge >= 0.3 is 5.69 Å². The average Bonchev–Trinajstić information content (AvgIpc) is 2.89. The van der Waals surface area contributed by atoms with Gasteiger partial charge in [0.25, 0.3) is 0 Å². The highest BCUT2D eigenvalue weighted by atomic mass is 16.1. The van der Waals surface area contributed by atoms with Crippen LogP contribution in [-0.2, 0) is 19.3 Å². The summed E-state index contributed by atoms with van der Waals surface area (Å²) in [6.45, 7) is 2.74. The number of nitrogens with one attached hydrogen (secondary N) is 3. The van der Waals surface area contributed by atoms with Gasteiger partial charge in [0.2, 0.25) is 0 Å². The molecule has 7 nitrogen and oxygen atoms in total. The van der Waals surface area contributed by atoms with Crippen molar-refractivity contribution in [3.63, 3.8) is 0 Å². The first-order chi connectivity index (χ1) is 10.2. The molecule has 0 bridgehead atoms. The summed E-state index contributed by atoms with van der Waals surface area (Å²) in [6, 6.07) is 0. The summed E-state index contributed by atoms with van der Waals surface area (Å²) in [7, 11) is 0. The smallest absolute Gasteiger partial charge is 0.340 e. The number of fused-ring (bicyclic) bond motifs is 1. The minimum Gasteiger partial charge on any atom is -0.370 e. The fraction of sp³-hybridized carbons (Fsp3) is 0.571. The maximum atomic E-state index is 10.9. The summed E-state index contributed by atoms with van der Waals surface area (Å²) < 4.78 is 0. The minimum atomic E-state index is -0.251. The van der Waals surface area contributed by atoms with Crippen molar-refractivity contribution in [3.8, 4) is 0 Å². The van der Waals surface area contributed by atoms with E-state index in [1.54, 1.807) is 0 Å². The van der Waals surface area contributed by atoms with E-state index in [-0.39, 0.29) is 5.69 Å². The zero-order valence-electron chi connectivity index (χ0n) is 12.2. The first-order valence-corrected chi connectivity index (χ1v) is 7.46. The molecule has 0 saturated heterocycles. The van der Waals surface area contributed by atoms with Crippen LogP contribution in [0.2, 0.25) is 0 Å². The molecule has 21 heavy (non-hydrogen) atoms. The van der Waals surface area contributed by atoms with E-state index in [1.165, 1.54) is 24.1 Å². The van der Waals surface area contributed by atoms with Crippen molar-refractivity contribution in [2.45, 2.75) is 45.4 Å². The molecule has 7 heteroatoms. The molecule has 0 aromatic carbocycles. The standard InChI is InChI=1S/C14H20N6O/c1-9-16-11-6-3-2-5-10(11)13(17-9)15-8-4-7-12-18-14(21)20-19-12/h2-8H2,1H3,(H,15,16,17)(H2,18,19,20,21). The zero-order chi connectivity index (χ0) is 14.7. The Labute approximate surface area is 122 Å². The molecule has 2 aromatic rings. The zero-order valence-corrected chi connectivity index (χ0v) is 12.2. The highest BCUT2D eigenvalue weighted by Gasteiger charge is 2.16. The van der Waals surface area contributed by atoms with Crippen LogP contribution in [0.3, 0.4) is 0 Å². The van der Waals surface area contributed by atoms with E-state index in [0.717, 1.165) is 43.9 Å². The summed E-state index contributed by atoms with van der Waals surface area (Å²) in [5.74, 6) is 2.50. The molecule has 1 aliphatic carbocycles. The summed E-state index contributed by atoms with van der Waals surface area (Å²) in [5.41, 5.74) is 2.23. The van der Waals surface area contributed by atoms with Crippen LogP contribution in [0.4, 0.5) is 5.82 Å². The van der Waals surface area contributed by atoms with Crippen molar-refractivity contribution in [3.05, 3.63) is 33.4 Å². The third kappa shape index (κ3) is 3.29. The second kappa shape index (κ2) is 6.07. The molecule has 2 aromatic heterocycles. The van der Waals surface area contributed by atoms with E-state index in [0.29, 0.717) is 5.82 Å². The Morgan fingerprint density at radius 2 is 2.10 bits per heavy atom. The van der Waals surface area contributed by atoms with Crippen LogP contribution >= 0.6 is 0 Å². The molecule has 0 unspecified atom stereocenters. The van der Waals surface area contributed by atoms with Gasteiger partial charge in [-0.15, -0.1) is 0 Å². The third-order valence-corrected chi connectivity index (χ3v) is 3.73. The molecule has 0 aliphatic heterocycles. The monoisotopic (exact) mass is 288 g/mol. The molecular formula is C14H20N6O. The maximum absolute atomic E-state index is 10.9. The average molecular weight is 288 g/mol. The fourth-order valence-corrected chi connectivity index (χ4v) is 2.75. The maximum Gasteiger partial charge on any atom is 0.340 e. The van der Waals surface area contributed by atoms with Crippen LogP contribution in [0.25, 0.3) is 0 Å². The summed E-state index contributed by atoms with van der Waals surface area (Å²) in [4.78, 5) is 22.7. The van der Waals surface area contributed by atoms with Crippen LogP contribution in [0, 0.1) is 6.92 Å². The third-order valence-electron chi connectivity index (χ3n) is 3.73. The number of aromatic amines is 2. The number of hydrogen-bond donors (Lipinski definition) is 3. The quantitative estimate of drug-likeness (QED) is 0.716. The molecule has 112 valence electrons. The van der Waals surface area contributed by atoms with Crippen molar-refractivity contribution in [1.82, 2.24) is 25.1 Å². The van der Waals surface area contributed by atoms with E-state index in [2.05, 4.69) is 30.5 Å². The lowest BCUT2D eigenvalue weighted by Crippen LogP contribution is -2.14. The molecule has 0 amide bonds. The molecular weight excluding hydrogens is 268 g/mol. The summed E-state index contributed by atoms with van der Waals surface area (Å²) in [5, 5.41) is 9.68. The van der Waals surface area contributed by atoms with Gasteiger partial charge < -0.3 is 5.32 Å². The highest BCUT2D eigenvalue weighted by molar-refractivity contribution is 5.47. The van der Waals surface area contributed by atoms with Crippen LogP contribution in [0.1, 0.15) is 42.2 Å². The van der Waals surface area contributed by atoms with Crippen LogP contribution in [0.5, 0.6) is 0 Å². The molecule has 0 atom stereocenters. The van der Waals surface area contributed by atoms with Gasteiger partial charge in [0.1, 0.15) is 17.5 Å². The van der Waals surface area contributed by atoms with E-state index in [9.17, 15) is 4.79 Å². The molecule has 0 saturated carbocycles. The van der Waals surface area contributed by atoms with Gasteiger partial charge in [-0.1, -0.05) is 0 Å². The Morgan fingerprint density at radius 1 is 1.24 bits per heavy atom. The van der Waals surface area contributed by atoms with Crippen LogP contribution in [0.15, 0.2) is 4.79 Å². The number of aromatic nitrogens is 5. The predicted molar refractivity (Wildman–Crippen MR) is 79.4 cm³/mol. The molecule has 3 rings (SSSR count). The summed E-state index contributed by atoms with van der Waals surface area (Å²) in [6.07, 6.45) is 6.17. The molecule has 2 heterocycles. The number of H-pyrrole nitrogens is 2. The molecule has 1 aliphatic rings. The van der Waals surface area contributed by atoms with E-state index < -0.39 is 0 Å². The lowest BCUT2D eigenvalue weighted by molar-refractivity contribution is 0.658. The molecule has 0 fully saturated rings. The molecule has 3 N–H and O–H groups in total. The number of aryl methyl sites for hydroxylation is 3. The van der Waals surface area contributed by atoms with Crippen molar-refractivity contribution in [2.24, 2.45) is 0 Å². The van der Waals surface area contributed by atoms with Crippen LogP contribution in [-0.4, -0.2) is 31.7 Å². The SMILES string of the molecule is Cc1nc2c(c(NCCCc3n[nH]c(=O)[nH]3)n1)CCCC2. The number of anilines is 1. The second-order valence-corrected chi connectivity index (χ2v) is 5.41. The lowest BCUT2D eigenvalue weighted by Gasteiger charge is -2.19. The van der Waals surface area contributed by atoms with Gasteiger partial charge in [0, 0.05) is 24.2 Å². The van der Waals surface area contributed by atoms with E-state index in [4.69, 9.17) is 0 Å². The van der Waals surface area contributed by atoms with E-state index in [1.807, 2.05) is 6.92 Å². The van der Waals surface area contributed by atoms with Gasteiger partial charge in [0.05, 0.1) is 0 Å². The highest BCUT2D eigenvalue weighted by Crippen LogP contribution is 2.25. The van der Waals surface area contributed by atoms with Crippen molar-refractivity contribution >= 4 is 5.82 Å². The Balaban J connectivity index is 1.60. The second-order valence-electron chi connectivity index (χ2n) is 5.41. The number of nitrogens with zero attached hydrogens (tertiary/aromatic N) is 3. The van der Waals surface area contributed by atoms with Crippen LogP contribution < -0.4 is 11.0 Å². The van der Waals surface area contributed by atoms with Gasteiger partial charge in [-0.3, -0.25) is 4.98 Å². The van der Waals surface area contributed by atoms with Crippen molar-refractivity contribution in [1.29, 1.82) is 0 Å². The van der Waals surface area contributed by atoms with Gasteiger partial charge in [-0.25, -0.2) is 19.9 Å². The first kappa shape index (κ1) is 13.8. The Hall–Kier alpha value is -2.18. The number of hydrogen-bond acceptors (Lipinski definition) is 5. The topological polar surface area (TPSA) is 99.4 Å².